The van der Waals surface area contributed by atoms with Crippen LogP contribution in [0.15, 0.2) is 69.9 Å². The number of primary sulfonamides is 1. The monoisotopic (exact) mass is 508 g/mol. The van der Waals surface area contributed by atoms with Crippen LogP contribution in [0.2, 0.25) is 0 Å². The van der Waals surface area contributed by atoms with Crippen LogP contribution in [-0.4, -0.2) is 44.7 Å². The molecule has 33 heavy (non-hydrogen) atoms. The predicted octanol–water partition coefficient (Wildman–Crippen LogP) is 2.31. The quantitative estimate of drug-likeness (QED) is 0.466. The van der Waals surface area contributed by atoms with Crippen molar-refractivity contribution in [3.63, 3.8) is 0 Å². The van der Waals surface area contributed by atoms with Crippen molar-refractivity contribution in [1.29, 1.82) is 0 Å². The molecule has 0 saturated carbocycles. The maximum atomic E-state index is 12.8. The van der Waals surface area contributed by atoms with Gasteiger partial charge in [0.2, 0.25) is 20.0 Å². The Kier molecular flexibility index (Phi) is 7.34. The Bertz CT molecular complexity index is 1480. The zero-order chi connectivity index (χ0) is 24.4. The number of carbonyl (C=O) groups excluding carboxylic acids is 1. The zero-order valence-electron chi connectivity index (χ0n) is 18.1. The molecule has 3 rings (SSSR count). The molecule has 0 aliphatic carbocycles. The lowest BCUT2D eigenvalue weighted by atomic mass is 10.2. The summed E-state index contributed by atoms with van der Waals surface area (Å²) >= 11 is 1.14. The number of rotatable bonds is 8. The largest absolute Gasteiger partial charge is 0.312 e. The summed E-state index contributed by atoms with van der Waals surface area (Å²) in [6.07, 6.45) is 1.64. The van der Waals surface area contributed by atoms with E-state index in [1.165, 1.54) is 40.7 Å². The fourth-order valence-corrected chi connectivity index (χ4v) is 6.40. The Morgan fingerprint density at radius 3 is 2.24 bits per heavy atom. The summed E-state index contributed by atoms with van der Waals surface area (Å²) in [6.45, 7) is 8.27. The Morgan fingerprint density at radius 1 is 1.09 bits per heavy atom. The van der Waals surface area contributed by atoms with E-state index in [-0.39, 0.29) is 15.4 Å². The van der Waals surface area contributed by atoms with Crippen LogP contribution >= 0.6 is 11.3 Å². The minimum atomic E-state index is -3.88. The first-order valence-electron chi connectivity index (χ1n) is 9.99. The van der Waals surface area contributed by atoms with Crippen molar-refractivity contribution >= 4 is 47.5 Å². The minimum absolute atomic E-state index is 0.0371. The number of nitrogens with two attached hydrogens (primary N) is 1. The number of amides is 1. The van der Waals surface area contributed by atoms with Crippen LogP contribution in [-0.2, 0) is 26.6 Å². The highest BCUT2D eigenvalue weighted by molar-refractivity contribution is 7.89. The van der Waals surface area contributed by atoms with Crippen molar-refractivity contribution in [3.8, 4) is 0 Å². The van der Waals surface area contributed by atoms with Crippen molar-refractivity contribution in [2.75, 3.05) is 13.1 Å². The molecule has 0 atom stereocenters. The highest BCUT2D eigenvalue weighted by Crippen LogP contribution is 2.22. The number of thiazole rings is 1. The molecule has 2 N–H and O–H groups in total. The molecule has 12 heteroatoms. The van der Waals surface area contributed by atoms with Gasteiger partial charge in [0.25, 0.3) is 5.91 Å². The van der Waals surface area contributed by atoms with Crippen LogP contribution in [0.3, 0.4) is 0 Å². The van der Waals surface area contributed by atoms with E-state index >= 15 is 0 Å². The summed E-state index contributed by atoms with van der Waals surface area (Å²) in [4.78, 5) is 17.4. The van der Waals surface area contributed by atoms with Gasteiger partial charge in [-0.3, -0.25) is 4.79 Å². The lowest BCUT2D eigenvalue weighted by molar-refractivity contribution is 0.0997. The highest BCUT2D eigenvalue weighted by Gasteiger charge is 2.21. The number of nitrogens with zero attached hydrogens (tertiary/aromatic N) is 3. The van der Waals surface area contributed by atoms with Crippen molar-refractivity contribution in [3.05, 3.63) is 65.5 Å². The van der Waals surface area contributed by atoms with E-state index in [9.17, 15) is 21.6 Å². The molecule has 1 heterocycles. The number of hydrogen-bond acceptors (Lipinski definition) is 6. The molecular weight excluding hydrogens is 484 g/mol. The summed E-state index contributed by atoms with van der Waals surface area (Å²) in [5.74, 6) is -0.558. The summed E-state index contributed by atoms with van der Waals surface area (Å²) in [5, 5.41) is 5.22. The van der Waals surface area contributed by atoms with Gasteiger partial charge in [-0.2, -0.15) is 9.30 Å². The lowest BCUT2D eigenvalue weighted by Crippen LogP contribution is -2.30. The fourth-order valence-electron chi connectivity index (χ4n) is 3.25. The van der Waals surface area contributed by atoms with Gasteiger partial charge in [0.15, 0.2) is 4.80 Å². The molecule has 0 unspecified atom stereocenters. The number of fused-ring (bicyclic) bond motifs is 1. The molecule has 0 saturated heterocycles. The van der Waals surface area contributed by atoms with Gasteiger partial charge >= 0.3 is 0 Å². The summed E-state index contributed by atoms with van der Waals surface area (Å²) in [5.41, 5.74) is 0.904. The fraction of sp³-hybridized carbons (Fsp3) is 0.238. The van der Waals surface area contributed by atoms with Gasteiger partial charge in [0, 0.05) is 25.2 Å². The number of carbonyl (C=O) groups is 1. The van der Waals surface area contributed by atoms with Crippen molar-refractivity contribution in [1.82, 2.24) is 8.87 Å². The molecule has 1 amide bonds. The van der Waals surface area contributed by atoms with Gasteiger partial charge in [-0.05, 0) is 42.5 Å². The standard InChI is InChI=1S/C21H24N4O5S3/c1-4-13-25-18-12-11-17(32(22,27)28)14-19(18)31-21(25)23-20(26)15-7-9-16(10-8-15)33(29,30)24(5-2)6-3/h4,7-12,14H,1,5-6,13H2,2-3H3,(H2,22,27,28). The van der Waals surface area contributed by atoms with Gasteiger partial charge in [-0.1, -0.05) is 31.3 Å². The number of sulfonamides is 2. The molecule has 0 aliphatic rings. The van der Waals surface area contributed by atoms with E-state index in [0.717, 1.165) is 11.3 Å². The van der Waals surface area contributed by atoms with Crippen LogP contribution in [0, 0.1) is 0 Å². The Morgan fingerprint density at radius 2 is 1.70 bits per heavy atom. The molecule has 0 aliphatic heterocycles. The second kappa shape index (κ2) is 9.69. The average Bonchev–Trinajstić information content (AvgIpc) is 3.10. The summed E-state index contributed by atoms with van der Waals surface area (Å²) in [7, 11) is -7.51. The topological polar surface area (TPSA) is 132 Å². The smallest absolute Gasteiger partial charge is 0.279 e. The molecule has 2 aromatic carbocycles. The SMILES string of the molecule is C=CCn1c(=NC(=O)c2ccc(S(=O)(=O)N(CC)CC)cc2)sc2cc(S(N)(=O)=O)ccc21. The molecule has 0 radical (unpaired) electrons. The van der Waals surface area contributed by atoms with E-state index < -0.39 is 26.0 Å². The number of hydrogen-bond donors (Lipinski definition) is 1. The van der Waals surface area contributed by atoms with Crippen LogP contribution in [0.5, 0.6) is 0 Å². The van der Waals surface area contributed by atoms with E-state index in [1.807, 2.05) is 0 Å². The molecule has 3 aromatic rings. The average molecular weight is 509 g/mol. The maximum Gasteiger partial charge on any atom is 0.279 e. The van der Waals surface area contributed by atoms with Crippen molar-refractivity contribution in [2.45, 2.75) is 30.2 Å². The minimum Gasteiger partial charge on any atom is -0.312 e. The maximum absolute atomic E-state index is 12.8. The van der Waals surface area contributed by atoms with E-state index in [4.69, 9.17) is 5.14 Å². The molecule has 0 fully saturated rings. The first-order valence-corrected chi connectivity index (χ1v) is 13.8. The van der Waals surface area contributed by atoms with Crippen LogP contribution in [0.1, 0.15) is 24.2 Å². The molecular formula is C21H24N4O5S3. The van der Waals surface area contributed by atoms with Crippen LogP contribution in [0.4, 0.5) is 0 Å². The van der Waals surface area contributed by atoms with Gasteiger partial charge in [0.1, 0.15) is 0 Å². The second-order valence-electron chi connectivity index (χ2n) is 6.99. The van der Waals surface area contributed by atoms with Gasteiger partial charge < -0.3 is 4.57 Å². The van der Waals surface area contributed by atoms with Gasteiger partial charge in [-0.15, -0.1) is 6.58 Å². The molecule has 1 aromatic heterocycles. The Balaban J connectivity index is 2.04. The van der Waals surface area contributed by atoms with Gasteiger partial charge in [-0.25, -0.2) is 22.0 Å². The number of allylic oxidation sites excluding steroid dienone is 1. The highest BCUT2D eigenvalue weighted by atomic mass is 32.2. The predicted molar refractivity (Wildman–Crippen MR) is 128 cm³/mol. The van der Waals surface area contributed by atoms with E-state index in [1.54, 1.807) is 30.6 Å². The molecule has 0 spiro atoms. The van der Waals surface area contributed by atoms with E-state index in [2.05, 4.69) is 11.6 Å². The first kappa shape index (κ1) is 25.0. The number of aromatic nitrogens is 1. The third-order valence-electron chi connectivity index (χ3n) is 4.94. The third kappa shape index (κ3) is 5.14. The van der Waals surface area contributed by atoms with Crippen LogP contribution in [0.25, 0.3) is 10.2 Å². The zero-order valence-corrected chi connectivity index (χ0v) is 20.6. The summed E-state index contributed by atoms with van der Waals surface area (Å²) < 4.78 is 52.3. The lowest BCUT2D eigenvalue weighted by Gasteiger charge is -2.18. The molecule has 176 valence electrons. The van der Waals surface area contributed by atoms with Crippen molar-refractivity contribution in [2.24, 2.45) is 10.1 Å². The third-order valence-corrected chi connectivity index (χ3v) is 8.95. The Labute approximate surface area is 196 Å². The van der Waals surface area contributed by atoms with Crippen molar-refractivity contribution < 1.29 is 21.6 Å². The first-order chi connectivity index (χ1) is 15.5. The normalized spacial score (nSPS) is 13.0. The molecule has 0 bridgehead atoms. The molecule has 9 nitrogen and oxygen atoms in total. The van der Waals surface area contributed by atoms with E-state index in [0.29, 0.717) is 34.7 Å². The number of benzene rings is 2. The summed E-state index contributed by atoms with van der Waals surface area (Å²) in [6, 6.07) is 10.1. The Hall–Kier alpha value is -2.64. The second-order valence-corrected chi connectivity index (χ2v) is 11.5. The van der Waals surface area contributed by atoms with Gasteiger partial charge in [0.05, 0.1) is 20.0 Å². The van der Waals surface area contributed by atoms with Crippen LogP contribution < -0.4 is 9.94 Å².